The van der Waals surface area contributed by atoms with E-state index in [9.17, 15) is 0 Å². The monoisotopic (exact) mass is 660 g/mol. The third-order valence-electron chi connectivity index (χ3n) is 4.02. The maximum Gasteiger partial charge on any atom is 2.00 e. The molecular weight excluding hydrogens is 614 g/mol. The third kappa shape index (κ3) is 27.6. The zero-order chi connectivity index (χ0) is 20.8. The number of aliphatic hydroxyl groups is 1. The normalized spacial score (nSPS) is 12.9. The van der Waals surface area contributed by atoms with Crippen LogP contribution in [-0.2, 0) is 9.47 Å². The molecule has 1 N–H and O–H groups in total. The van der Waals surface area contributed by atoms with Gasteiger partial charge in [-0.05, 0) is 20.3 Å². The van der Waals surface area contributed by atoms with E-state index in [0.717, 1.165) is 19.5 Å². The fraction of sp³-hybridized carbons (Fsp3) is 0.909. The van der Waals surface area contributed by atoms with Crippen molar-refractivity contribution >= 4 is 21.6 Å². The van der Waals surface area contributed by atoms with Gasteiger partial charge in [-0.1, -0.05) is 98.5 Å². The molecule has 0 rings (SSSR count). The van der Waals surface area contributed by atoms with E-state index in [1.807, 2.05) is 35.4 Å². The van der Waals surface area contributed by atoms with Crippen molar-refractivity contribution in [2.75, 3.05) is 25.2 Å². The molecule has 0 amide bonds. The molecule has 0 aromatic carbocycles. The largest absolute Gasteiger partial charge is 2.00 e. The fourth-order valence-corrected chi connectivity index (χ4v) is 4.53. The van der Waals surface area contributed by atoms with Gasteiger partial charge in [0.25, 0.3) is 0 Å². The standard InChI is InChI=1S/C21H42O2S2.CH4O.U/c1-6-7-8-9-10-11-12-13-14-15-17-24-25-18-16-22-20(4)21(5)23-19(2)3;1-2;/h19-21H,4-18H2,1-3H3;2H,1H3;/q-2;;+2. The fourth-order valence-electron chi connectivity index (χ4n) is 2.54. The minimum atomic E-state index is -0.190. The molecule has 28 heavy (non-hydrogen) atoms. The SMILES string of the molecule is CO.[CH2-]C(OCCSSCCCCCCCCCCCC)C([CH2-])OC(C)C.[U+2]. The quantitative estimate of drug-likeness (QED) is 0.0944. The first kappa shape index (κ1) is 34.2. The second kappa shape index (κ2) is 28.6. The van der Waals surface area contributed by atoms with Gasteiger partial charge in [-0.15, -0.1) is 0 Å². The van der Waals surface area contributed by atoms with Crippen molar-refractivity contribution in [2.24, 2.45) is 0 Å². The van der Waals surface area contributed by atoms with Crippen LogP contribution in [0, 0.1) is 45.0 Å². The number of unbranched alkanes of at least 4 members (excludes halogenated alkanes) is 9. The van der Waals surface area contributed by atoms with Gasteiger partial charge in [0.05, 0.1) is 6.61 Å². The van der Waals surface area contributed by atoms with Crippen molar-refractivity contribution in [1.82, 2.24) is 0 Å². The summed E-state index contributed by atoms with van der Waals surface area (Å²) in [7, 11) is 4.87. The minimum absolute atomic E-state index is 0. The van der Waals surface area contributed by atoms with Crippen molar-refractivity contribution < 1.29 is 45.7 Å². The van der Waals surface area contributed by atoms with Crippen LogP contribution in [0.2, 0.25) is 0 Å². The average molecular weight is 661 g/mol. The maximum atomic E-state index is 7.00. The first-order chi connectivity index (χ1) is 13.1. The molecule has 0 aromatic rings. The van der Waals surface area contributed by atoms with Crippen molar-refractivity contribution in [3.63, 3.8) is 0 Å². The van der Waals surface area contributed by atoms with Crippen LogP contribution in [0.25, 0.3) is 0 Å². The van der Waals surface area contributed by atoms with Crippen LogP contribution in [0.5, 0.6) is 0 Å². The molecule has 0 aliphatic rings. The van der Waals surface area contributed by atoms with E-state index in [-0.39, 0.29) is 49.4 Å². The topological polar surface area (TPSA) is 38.7 Å². The summed E-state index contributed by atoms with van der Waals surface area (Å²) >= 11 is 0. The Labute approximate surface area is 208 Å². The molecule has 6 heteroatoms. The van der Waals surface area contributed by atoms with Crippen LogP contribution < -0.4 is 0 Å². The summed E-state index contributed by atoms with van der Waals surface area (Å²) in [4.78, 5) is 0. The minimum Gasteiger partial charge on any atom is -0.409 e. The van der Waals surface area contributed by atoms with E-state index < -0.39 is 0 Å². The molecule has 168 valence electrons. The first-order valence-electron chi connectivity index (χ1n) is 10.7. The van der Waals surface area contributed by atoms with Crippen LogP contribution in [0.4, 0.5) is 0 Å². The Morgan fingerprint density at radius 2 is 1.21 bits per heavy atom. The molecule has 0 radical (unpaired) electrons. The molecule has 0 bridgehead atoms. The average Bonchev–Trinajstić information content (AvgIpc) is 2.65. The van der Waals surface area contributed by atoms with Crippen LogP contribution in [0.15, 0.2) is 0 Å². The molecule has 2 unspecified atom stereocenters. The predicted octanol–water partition coefficient (Wildman–Crippen LogP) is 6.74. The van der Waals surface area contributed by atoms with E-state index in [4.69, 9.17) is 14.6 Å². The van der Waals surface area contributed by atoms with Crippen molar-refractivity contribution in [3.8, 4) is 0 Å². The molecule has 0 saturated heterocycles. The number of rotatable bonds is 19. The van der Waals surface area contributed by atoms with Crippen LogP contribution in [-0.4, -0.2) is 48.6 Å². The van der Waals surface area contributed by atoms with E-state index in [1.165, 1.54) is 70.0 Å². The molecule has 0 aliphatic carbocycles. The van der Waals surface area contributed by atoms with Gasteiger partial charge in [-0.3, -0.25) is 0 Å². The summed E-state index contributed by atoms with van der Waals surface area (Å²) in [5, 5.41) is 7.00. The van der Waals surface area contributed by atoms with Crippen LogP contribution >= 0.6 is 21.6 Å². The number of ether oxygens (including phenoxy) is 2. The number of hydrogen-bond donors (Lipinski definition) is 1. The van der Waals surface area contributed by atoms with E-state index in [1.54, 1.807) is 0 Å². The summed E-state index contributed by atoms with van der Waals surface area (Å²) in [6.45, 7) is 14.9. The van der Waals surface area contributed by atoms with Gasteiger partial charge in [0.15, 0.2) is 0 Å². The van der Waals surface area contributed by atoms with Gasteiger partial charge in [-0.25, -0.2) is 0 Å². The van der Waals surface area contributed by atoms with Gasteiger partial charge in [0.2, 0.25) is 0 Å². The Morgan fingerprint density at radius 3 is 1.71 bits per heavy atom. The number of hydrogen-bond acceptors (Lipinski definition) is 5. The number of aliphatic hydroxyl groups excluding tert-OH is 1. The van der Waals surface area contributed by atoms with Crippen molar-refractivity contribution in [2.45, 2.75) is 103 Å². The Bertz CT molecular complexity index is 272. The molecule has 0 spiro atoms. The molecule has 2 atom stereocenters. The summed E-state index contributed by atoms with van der Waals surface area (Å²) in [6, 6.07) is 0. The van der Waals surface area contributed by atoms with E-state index >= 15 is 0 Å². The Kier molecular flexibility index (Phi) is 35.0. The van der Waals surface area contributed by atoms with Gasteiger partial charge >= 0.3 is 31.1 Å². The van der Waals surface area contributed by atoms with Crippen LogP contribution in [0.1, 0.15) is 85.0 Å². The smallest absolute Gasteiger partial charge is 0.409 e. The molecule has 3 nitrogen and oxygen atoms in total. The van der Waals surface area contributed by atoms with Crippen LogP contribution in [0.3, 0.4) is 0 Å². The van der Waals surface area contributed by atoms with Gasteiger partial charge in [0, 0.05) is 24.7 Å². The van der Waals surface area contributed by atoms with Crippen molar-refractivity contribution in [1.29, 1.82) is 0 Å². The summed E-state index contributed by atoms with van der Waals surface area (Å²) < 4.78 is 11.3. The molecule has 0 fully saturated rings. The summed E-state index contributed by atoms with van der Waals surface area (Å²) in [5.74, 6) is 2.26. The van der Waals surface area contributed by atoms with E-state index in [2.05, 4.69) is 20.8 Å². The molecule has 0 aliphatic heterocycles. The van der Waals surface area contributed by atoms with Gasteiger partial charge in [0.1, 0.15) is 0 Å². The molecular formula is C22H46O3S2U. The Hall–Kier alpha value is 1.63. The second-order valence-corrected chi connectivity index (χ2v) is 9.66. The maximum absolute atomic E-state index is 7.00. The summed E-state index contributed by atoms with van der Waals surface area (Å²) in [5.41, 5.74) is 0. The third-order valence-corrected chi connectivity index (χ3v) is 6.48. The zero-order valence-corrected chi connectivity index (χ0v) is 24.7. The Morgan fingerprint density at radius 1 is 0.750 bits per heavy atom. The first-order valence-corrected chi connectivity index (χ1v) is 13.2. The molecule has 0 saturated carbocycles. The Balaban J connectivity index is -0.00000201. The van der Waals surface area contributed by atoms with E-state index in [0.29, 0.717) is 0 Å². The van der Waals surface area contributed by atoms with Gasteiger partial charge < -0.3 is 28.4 Å². The van der Waals surface area contributed by atoms with Crippen molar-refractivity contribution in [3.05, 3.63) is 13.8 Å². The predicted molar refractivity (Wildman–Crippen MR) is 125 cm³/mol. The molecule has 0 aromatic heterocycles. The zero-order valence-electron chi connectivity index (χ0n) is 18.9. The molecule has 0 heterocycles. The second-order valence-electron chi connectivity index (χ2n) is 6.96. The van der Waals surface area contributed by atoms with Gasteiger partial charge in [-0.2, -0.15) is 0 Å². The summed E-state index contributed by atoms with van der Waals surface area (Å²) in [6.07, 6.45) is 13.9.